The van der Waals surface area contributed by atoms with Gasteiger partial charge >= 0.3 is 5.97 Å². The van der Waals surface area contributed by atoms with Gasteiger partial charge in [-0.15, -0.1) is 0 Å². The molecule has 2 rings (SSSR count). The van der Waals surface area contributed by atoms with Gasteiger partial charge in [0.05, 0.1) is 12.7 Å². The van der Waals surface area contributed by atoms with Crippen LogP contribution in [-0.4, -0.2) is 19.6 Å². The van der Waals surface area contributed by atoms with Crippen LogP contribution >= 0.6 is 0 Å². The first-order chi connectivity index (χ1) is 8.29. The Kier molecular flexibility index (Phi) is 4.15. The molecule has 0 radical (unpaired) electrons. The van der Waals surface area contributed by atoms with Crippen molar-refractivity contribution in [3.63, 3.8) is 0 Å². The predicted octanol–water partition coefficient (Wildman–Crippen LogP) is 2.36. The van der Waals surface area contributed by atoms with Crippen molar-refractivity contribution >= 4 is 5.97 Å². The summed E-state index contributed by atoms with van der Waals surface area (Å²) >= 11 is 0. The summed E-state index contributed by atoms with van der Waals surface area (Å²) in [6.07, 6.45) is 4.12. The first-order valence-electron chi connectivity index (χ1n) is 6.17. The Bertz CT molecular complexity index is 368. The van der Waals surface area contributed by atoms with E-state index in [1.165, 1.54) is 31.9 Å². The van der Waals surface area contributed by atoms with E-state index < -0.39 is 0 Å². The number of nitrogens with one attached hydrogen (secondary N) is 1. The van der Waals surface area contributed by atoms with E-state index in [9.17, 15) is 4.79 Å². The molecule has 1 aromatic rings. The summed E-state index contributed by atoms with van der Waals surface area (Å²) in [7, 11) is 1.40. The van der Waals surface area contributed by atoms with Gasteiger partial charge in [0.15, 0.2) is 0 Å². The van der Waals surface area contributed by atoms with Crippen molar-refractivity contribution in [2.75, 3.05) is 13.7 Å². The fourth-order valence-corrected chi connectivity index (χ4v) is 1.82. The average molecular weight is 233 g/mol. The lowest BCUT2D eigenvalue weighted by Gasteiger charge is -2.05. The normalized spacial score (nSPS) is 14.6. The van der Waals surface area contributed by atoms with Crippen molar-refractivity contribution in [1.29, 1.82) is 0 Å². The number of ether oxygens (including phenoxy) is 1. The molecule has 1 fully saturated rings. The molecule has 3 nitrogen and oxygen atoms in total. The Morgan fingerprint density at radius 3 is 2.65 bits per heavy atom. The maximum Gasteiger partial charge on any atom is 0.337 e. The third-order valence-corrected chi connectivity index (χ3v) is 3.13. The topological polar surface area (TPSA) is 38.3 Å². The number of esters is 1. The highest BCUT2D eigenvalue weighted by molar-refractivity contribution is 5.89. The van der Waals surface area contributed by atoms with Gasteiger partial charge in [-0.2, -0.15) is 0 Å². The highest BCUT2D eigenvalue weighted by Gasteiger charge is 2.19. The van der Waals surface area contributed by atoms with Crippen LogP contribution in [0.3, 0.4) is 0 Å². The van der Waals surface area contributed by atoms with Crippen LogP contribution in [0.2, 0.25) is 0 Å². The highest BCUT2D eigenvalue weighted by Crippen LogP contribution is 2.31. The minimum atomic E-state index is -0.279. The Morgan fingerprint density at radius 2 is 2.06 bits per heavy atom. The van der Waals surface area contributed by atoms with Crippen molar-refractivity contribution in [2.24, 2.45) is 5.92 Å². The highest BCUT2D eigenvalue weighted by atomic mass is 16.5. The van der Waals surface area contributed by atoms with Crippen LogP contribution in [0.5, 0.6) is 0 Å². The van der Waals surface area contributed by atoms with Crippen molar-refractivity contribution < 1.29 is 9.53 Å². The molecule has 0 bridgehead atoms. The number of methoxy groups -OCH3 is 1. The van der Waals surface area contributed by atoms with Crippen LogP contribution < -0.4 is 5.32 Å². The summed E-state index contributed by atoms with van der Waals surface area (Å²) in [5.74, 6) is 0.697. The van der Waals surface area contributed by atoms with Gasteiger partial charge in [-0.3, -0.25) is 0 Å². The number of hydrogen-bond acceptors (Lipinski definition) is 3. The summed E-state index contributed by atoms with van der Waals surface area (Å²) in [4.78, 5) is 11.2. The van der Waals surface area contributed by atoms with Gasteiger partial charge in [0.25, 0.3) is 0 Å². The van der Waals surface area contributed by atoms with Crippen molar-refractivity contribution in [1.82, 2.24) is 5.32 Å². The summed E-state index contributed by atoms with van der Waals surface area (Å²) in [5.41, 5.74) is 1.81. The zero-order valence-electron chi connectivity index (χ0n) is 10.2. The fourth-order valence-electron chi connectivity index (χ4n) is 1.82. The van der Waals surface area contributed by atoms with Gasteiger partial charge in [0.2, 0.25) is 0 Å². The van der Waals surface area contributed by atoms with Crippen LogP contribution in [0.1, 0.15) is 35.2 Å². The van der Waals surface area contributed by atoms with Crippen LogP contribution in [0.15, 0.2) is 24.3 Å². The summed E-state index contributed by atoms with van der Waals surface area (Å²) in [5, 5.41) is 3.42. The van der Waals surface area contributed by atoms with Crippen LogP contribution in [0, 0.1) is 5.92 Å². The minimum absolute atomic E-state index is 0.279. The lowest BCUT2D eigenvalue weighted by atomic mass is 10.1. The molecule has 0 spiro atoms. The zero-order chi connectivity index (χ0) is 12.1. The molecule has 1 saturated carbocycles. The lowest BCUT2D eigenvalue weighted by molar-refractivity contribution is 0.0600. The Balaban J connectivity index is 1.74. The molecule has 3 heteroatoms. The third kappa shape index (κ3) is 3.86. The van der Waals surface area contributed by atoms with E-state index in [-0.39, 0.29) is 5.97 Å². The van der Waals surface area contributed by atoms with Crippen LogP contribution in [0.25, 0.3) is 0 Å². The Labute approximate surface area is 102 Å². The van der Waals surface area contributed by atoms with E-state index in [0.717, 1.165) is 19.0 Å². The third-order valence-electron chi connectivity index (χ3n) is 3.13. The molecule has 0 saturated heterocycles. The maximum absolute atomic E-state index is 11.2. The van der Waals surface area contributed by atoms with Crippen LogP contribution in [-0.2, 0) is 11.3 Å². The molecular weight excluding hydrogens is 214 g/mol. The molecule has 0 aliphatic heterocycles. The van der Waals surface area contributed by atoms with E-state index in [2.05, 4.69) is 10.1 Å². The van der Waals surface area contributed by atoms with Crippen molar-refractivity contribution in [2.45, 2.75) is 25.8 Å². The van der Waals surface area contributed by atoms with Gasteiger partial charge in [-0.25, -0.2) is 4.79 Å². The van der Waals surface area contributed by atoms with E-state index in [1.54, 1.807) is 0 Å². The monoisotopic (exact) mass is 233 g/mol. The summed E-state index contributed by atoms with van der Waals surface area (Å²) in [6.45, 7) is 1.96. The summed E-state index contributed by atoms with van der Waals surface area (Å²) < 4.78 is 4.65. The van der Waals surface area contributed by atoms with Gasteiger partial charge in [0, 0.05) is 6.54 Å². The number of carbonyl (C=O) groups is 1. The standard InChI is InChI=1S/C14H19NO2/c1-17-14(16)13-6-4-12(5-7-13)10-15-9-8-11-2-3-11/h4-7,11,15H,2-3,8-10H2,1H3. The molecule has 0 amide bonds. The first kappa shape index (κ1) is 12.1. The lowest BCUT2D eigenvalue weighted by Crippen LogP contribution is -2.15. The van der Waals surface area contributed by atoms with Gasteiger partial charge < -0.3 is 10.1 Å². The number of carbonyl (C=O) groups excluding carboxylic acids is 1. The molecule has 1 N–H and O–H groups in total. The molecule has 0 atom stereocenters. The first-order valence-corrected chi connectivity index (χ1v) is 6.17. The molecular formula is C14H19NO2. The van der Waals surface area contributed by atoms with E-state index >= 15 is 0 Å². The second-order valence-corrected chi connectivity index (χ2v) is 4.60. The second-order valence-electron chi connectivity index (χ2n) is 4.60. The number of benzene rings is 1. The van der Waals surface area contributed by atoms with E-state index in [1.807, 2.05) is 24.3 Å². The smallest absolute Gasteiger partial charge is 0.337 e. The number of rotatable bonds is 6. The molecule has 0 heterocycles. The zero-order valence-corrected chi connectivity index (χ0v) is 10.2. The number of hydrogen-bond donors (Lipinski definition) is 1. The Morgan fingerprint density at radius 1 is 1.35 bits per heavy atom. The maximum atomic E-state index is 11.2. The van der Waals surface area contributed by atoms with Gasteiger partial charge in [-0.05, 0) is 36.6 Å². The van der Waals surface area contributed by atoms with Gasteiger partial charge in [0.1, 0.15) is 0 Å². The SMILES string of the molecule is COC(=O)c1ccc(CNCCC2CC2)cc1. The molecule has 17 heavy (non-hydrogen) atoms. The summed E-state index contributed by atoms with van der Waals surface area (Å²) in [6, 6.07) is 7.56. The predicted molar refractivity (Wildman–Crippen MR) is 66.8 cm³/mol. The largest absolute Gasteiger partial charge is 0.465 e. The molecule has 92 valence electrons. The van der Waals surface area contributed by atoms with Gasteiger partial charge in [-0.1, -0.05) is 25.0 Å². The quantitative estimate of drug-likeness (QED) is 0.605. The fraction of sp³-hybridized carbons (Fsp3) is 0.500. The average Bonchev–Trinajstić information content (AvgIpc) is 3.18. The van der Waals surface area contributed by atoms with Crippen molar-refractivity contribution in [3.8, 4) is 0 Å². The van der Waals surface area contributed by atoms with Crippen molar-refractivity contribution in [3.05, 3.63) is 35.4 Å². The molecule has 0 unspecified atom stereocenters. The van der Waals surface area contributed by atoms with E-state index in [0.29, 0.717) is 5.56 Å². The molecule has 1 aliphatic carbocycles. The molecule has 0 aromatic heterocycles. The minimum Gasteiger partial charge on any atom is -0.465 e. The molecule has 1 aromatic carbocycles. The van der Waals surface area contributed by atoms with E-state index in [4.69, 9.17) is 0 Å². The Hall–Kier alpha value is -1.35. The molecule has 1 aliphatic rings. The second kappa shape index (κ2) is 5.82. The van der Waals surface area contributed by atoms with Crippen LogP contribution in [0.4, 0.5) is 0 Å².